The van der Waals surface area contributed by atoms with Crippen LogP contribution >= 0.6 is 0 Å². The molecule has 0 fully saturated rings. The average molecular weight is 206 g/mol. The molecule has 0 bridgehead atoms. The van der Waals surface area contributed by atoms with Gasteiger partial charge in [-0.05, 0) is 42.5 Å². The lowest BCUT2D eigenvalue weighted by atomic mass is 9.80. The molecule has 0 aliphatic rings. The molecular weight excluding hydrogens is 184 g/mol. The molecule has 0 saturated heterocycles. The minimum atomic E-state index is -0.139. The van der Waals surface area contributed by atoms with Crippen molar-refractivity contribution in [3.8, 4) is 0 Å². The van der Waals surface area contributed by atoms with Crippen LogP contribution in [0.25, 0.3) is 0 Å². The normalized spacial score (nSPS) is 11.9. The zero-order valence-corrected chi connectivity index (χ0v) is 10.5. The summed E-state index contributed by atoms with van der Waals surface area (Å²) in [5.74, 6) is 0. The van der Waals surface area contributed by atoms with Gasteiger partial charge in [-0.1, -0.05) is 32.9 Å². The van der Waals surface area contributed by atoms with Gasteiger partial charge in [-0.3, -0.25) is 0 Å². The molecule has 1 aromatic carbocycles. The number of hydrogen-bond acceptors (Lipinski definition) is 1. The summed E-state index contributed by atoms with van der Waals surface area (Å²) in [6.07, 6.45) is 1.05. The van der Waals surface area contributed by atoms with Gasteiger partial charge >= 0.3 is 0 Å². The molecule has 0 radical (unpaired) electrons. The van der Waals surface area contributed by atoms with E-state index in [1.807, 2.05) is 0 Å². The van der Waals surface area contributed by atoms with Crippen molar-refractivity contribution in [2.24, 2.45) is 0 Å². The van der Waals surface area contributed by atoms with E-state index in [9.17, 15) is 5.11 Å². The van der Waals surface area contributed by atoms with E-state index in [-0.39, 0.29) is 12.0 Å². The summed E-state index contributed by atoms with van der Waals surface area (Å²) in [7, 11) is 0. The van der Waals surface area contributed by atoms with Crippen LogP contribution in [0.15, 0.2) is 12.1 Å². The molecule has 0 heterocycles. The van der Waals surface area contributed by atoms with Gasteiger partial charge in [0.25, 0.3) is 0 Å². The van der Waals surface area contributed by atoms with Gasteiger partial charge in [-0.15, -0.1) is 0 Å². The molecule has 0 saturated carbocycles. The lowest BCUT2D eigenvalue weighted by molar-refractivity contribution is 0.218. The average Bonchev–Trinajstić information content (AvgIpc) is 2.21. The number of benzene rings is 1. The smallest absolute Gasteiger partial charge is 0.0522 e. The van der Waals surface area contributed by atoms with Gasteiger partial charge in [0.2, 0.25) is 0 Å². The zero-order valence-electron chi connectivity index (χ0n) is 10.5. The third kappa shape index (κ3) is 2.40. The highest BCUT2D eigenvalue weighted by Gasteiger charge is 2.22. The quantitative estimate of drug-likeness (QED) is 0.805. The van der Waals surface area contributed by atoms with Gasteiger partial charge in [0.15, 0.2) is 0 Å². The summed E-state index contributed by atoms with van der Waals surface area (Å²) in [5.41, 5.74) is 5.13. The fourth-order valence-corrected chi connectivity index (χ4v) is 1.93. The van der Waals surface area contributed by atoms with Crippen LogP contribution in [0.2, 0.25) is 0 Å². The molecule has 0 aliphatic heterocycles. The molecule has 0 aliphatic carbocycles. The van der Waals surface area contributed by atoms with Crippen LogP contribution in [0.1, 0.15) is 43.0 Å². The minimum Gasteiger partial charge on any atom is -0.395 e. The first kappa shape index (κ1) is 12.3. The minimum absolute atomic E-state index is 0.139. The van der Waals surface area contributed by atoms with Crippen molar-refractivity contribution in [2.45, 2.75) is 46.5 Å². The zero-order chi connectivity index (χ0) is 11.6. The molecule has 0 unspecified atom stereocenters. The highest BCUT2D eigenvalue weighted by molar-refractivity contribution is 5.41. The Morgan fingerprint density at radius 2 is 1.80 bits per heavy atom. The Bertz CT molecular complexity index is 351. The Balaban J connectivity index is 3.34. The van der Waals surface area contributed by atoms with Gasteiger partial charge in [0.1, 0.15) is 0 Å². The molecule has 1 aromatic rings. The number of aryl methyl sites for hydroxylation is 2. The first-order chi connectivity index (χ1) is 6.92. The van der Waals surface area contributed by atoms with Crippen LogP contribution in [0.3, 0.4) is 0 Å². The van der Waals surface area contributed by atoms with Crippen molar-refractivity contribution < 1.29 is 5.11 Å². The fourth-order valence-electron chi connectivity index (χ4n) is 1.93. The van der Waals surface area contributed by atoms with Gasteiger partial charge in [-0.25, -0.2) is 0 Å². The van der Waals surface area contributed by atoms with Crippen LogP contribution in [0.4, 0.5) is 0 Å². The van der Waals surface area contributed by atoms with Crippen molar-refractivity contribution in [3.05, 3.63) is 34.4 Å². The van der Waals surface area contributed by atoms with E-state index in [4.69, 9.17) is 0 Å². The fraction of sp³-hybridized carbons (Fsp3) is 0.571. The van der Waals surface area contributed by atoms with Crippen molar-refractivity contribution in [3.63, 3.8) is 0 Å². The van der Waals surface area contributed by atoms with Crippen LogP contribution in [0.5, 0.6) is 0 Å². The number of hydrogen-bond donors (Lipinski definition) is 1. The highest BCUT2D eigenvalue weighted by atomic mass is 16.3. The van der Waals surface area contributed by atoms with E-state index in [0.29, 0.717) is 0 Å². The molecule has 1 N–H and O–H groups in total. The first-order valence-corrected chi connectivity index (χ1v) is 5.64. The molecular formula is C14H22O. The van der Waals surface area contributed by atoms with Gasteiger partial charge < -0.3 is 5.11 Å². The maximum atomic E-state index is 9.43. The third-order valence-corrected chi connectivity index (χ3v) is 3.26. The lowest BCUT2D eigenvalue weighted by Gasteiger charge is -2.26. The Labute approximate surface area is 93.1 Å². The summed E-state index contributed by atoms with van der Waals surface area (Å²) in [5, 5.41) is 9.43. The summed E-state index contributed by atoms with van der Waals surface area (Å²) >= 11 is 0. The second-order valence-electron chi connectivity index (χ2n) is 4.98. The van der Waals surface area contributed by atoms with Crippen LogP contribution in [-0.4, -0.2) is 11.7 Å². The standard InChI is InChI=1S/C14H22O/c1-6-12-7-10(2)11(3)13(8-12)14(4,5)9-15/h7-8,15H,6,9H2,1-5H3. The molecule has 1 rings (SSSR count). The van der Waals surface area contributed by atoms with Crippen LogP contribution in [0, 0.1) is 13.8 Å². The van der Waals surface area contributed by atoms with E-state index >= 15 is 0 Å². The van der Waals surface area contributed by atoms with Crippen molar-refractivity contribution in [2.75, 3.05) is 6.61 Å². The summed E-state index contributed by atoms with van der Waals surface area (Å²) < 4.78 is 0. The van der Waals surface area contributed by atoms with Gasteiger partial charge in [-0.2, -0.15) is 0 Å². The number of aliphatic hydroxyl groups excluding tert-OH is 1. The van der Waals surface area contributed by atoms with Crippen molar-refractivity contribution in [1.82, 2.24) is 0 Å². The molecule has 0 atom stereocenters. The molecule has 15 heavy (non-hydrogen) atoms. The lowest BCUT2D eigenvalue weighted by Crippen LogP contribution is -2.24. The van der Waals surface area contributed by atoms with Gasteiger partial charge in [0.05, 0.1) is 6.61 Å². The maximum Gasteiger partial charge on any atom is 0.0522 e. The van der Waals surface area contributed by atoms with E-state index < -0.39 is 0 Å². The van der Waals surface area contributed by atoms with Crippen LogP contribution in [-0.2, 0) is 11.8 Å². The Hall–Kier alpha value is -0.820. The predicted molar refractivity (Wildman–Crippen MR) is 65.4 cm³/mol. The third-order valence-electron chi connectivity index (χ3n) is 3.26. The van der Waals surface area contributed by atoms with E-state index in [2.05, 4.69) is 46.8 Å². The highest BCUT2D eigenvalue weighted by Crippen LogP contribution is 2.29. The van der Waals surface area contributed by atoms with Crippen LogP contribution < -0.4 is 0 Å². The molecule has 0 aromatic heterocycles. The topological polar surface area (TPSA) is 20.2 Å². The summed E-state index contributed by atoms with van der Waals surface area (Å²) in [6.45, 7) is 10.8. The SMILES string of the molecule is CCc1cc(C)c(C)c(C(C)(C)CO)c1. The number of rotatable bonds is 3. The Morgan fingerprint density at radius 1 is 1.20 bits per heavy atom. The maximum absolute atomic E-state index is 9.43. The molecule has 84 valence electrons. The van der Waals surface area contributed by atoms with Crippen molar-refractivity contribution >= 4 is 0 Å². The van der Waals surface area contributed by atoms with E-state index in [1.165, 1.54) is 22.3 Å². The largest absolute Gasteiger partial charge is 0.395 e. The second-order valence-corrected chi connectivity index (χ2v) is 4.98. The molecule has 1 nitrogen and oxygen atoms in total. The van der Waals surface area contributed by atoms with E-state index in [0.717, 1.165) is 6.42 Å². The summed E-state index contributed by atoms with van der Waals surface area (Å²) in [6, 6.07) is 4.48. The second kappa shape index (κ2) is 4.36. The molecule has 0 spiro atoms. The Kier molecular flexibility index (Phi) is 3.56. The molecule has 1 heteroatoms. The monoisotopic (exact) mass is 206 g/mol. The summed E-state index contributed by atoms with van der Waals surface area (Å²) in [4.78, 5) is 0. The van der Waals surface area contributed by atoms with Gasteiger partial charge in [0, 0.05) is 5.41 Å². The Morgan fingerprint density at radius 3 is 2.27 bits per heavy atom. The van der Waals surface area contributed by atoms with Crippen molar-refractivity contribution in [1.29, 1.82) is 0 Å². The first-order valence-electron chi connectivity index (χ1n) is 5.64. The predicted octanol–water partition coefficient (Wildman–Crippen LogP) is 3.14. The van der Waals surface area contributed by atoms with E-state index in [1.54, 1.807) is 0 Å². The molecule has 0 amide bonds. The number of aliphatic hydroxyl groups is 1.